The summed E-state index contributed by atoms with van der Waals surface area (Å²) in [4.78, 5) is 0. The molecular weight excluding hydrogens is 376 g/mol. The van der Waals surface area contributed by atoms with Gasteiger partial charge in [0.1, 0.15) is 0 Å². The monoisotopic (exact) mass is 409 g/mol. The molecule has 0 bridgehead atoms. The molecule has 0 unspecified atom stereocenters. The lowest BCUT2D eigenvalue weighted by Crippen LogP contribution is -2.26. The van der Waals surface area contributed by atoms with Gasteiger partial charge < -0.3 is 5.32 Å². The average molecular weight is 410 g/mol. The van der Waals surface area contributed by atoms with E-state index in [1.807, 2.05) is 30.3 Å². The molecule has 1 nitrogen and oxygen atoms in total. The second-order valence-corrected chi connectivity index (χ2v) is 8.56. The minimum atomic E-state index is -0.831. The molecule has 3 rings (SSSR count). The molecule has 0 saturated heterocycles. The first-order valence-corrected chi connectivity index (χ1v) is 11.2. The number of benzene rings is 2. The van der Waals surface area contributed by atoms with Crippen LogP contribution in [-0.2, 0) is 0 Å². The van der Waals surface area contributed by atoms with E-state index < -0.39 is 11.6 Å². The first kappa shape index (κ1) is 22.3. The van der Waals surface area contributed by atoms with Gasteiger partial charge in [-0.05, 0) is 48.3 Å². The molecule has 1 aliphatic carbocycles. The van der Waals surface area contributed by atoms with Crippen LogP contribution >= 0.6 is 0 Å². The molecule has 3 heteroatoms. The van der Waals surface area contributed by atoms with Crippen molar-refractivity contribution in [3.05, 3.63) is 83.6 Å². The van der Waals surface area contributed by atoms with Crippen LogP contribution in [0.2, 0.25) is 0 Å². The van der Waals surface area contributed by atoms with Crippen molar-refractivity contribution in [2.45, 2.75) is 52.4 Å². The van der Waals surface area contributed by atoms with Crippen LogP contribution in [0.5, 0.6) is 0 Å². The summed E-state index contributed by atoms with van der Waals surface area (Å²) < 4.78 is 29.0. The highest BCUT2D eigenvalue weighted by molar-refractivity contribution is 6.05. The van der Waals surface area contributed by atoms with Gasteiger partial charge >= 0.3 is 0 Å². The van der Waals surface area contributed by atoms with Crippen molar-refractivity contribution in [1.82, 2.24) is 5.32 Å². The number of hydrogen-bond donors (Lipinski definition) is 1. The molecule has 1 aliphatic rings. The van der Waals surface area contributed by atoms with E-state index in [0.29, 0.717) is 17.1 Å². The second-order valence-electron chi connectivity index (χ2n) is 8.56. The third kappa shape index (κ3) is 5.38. The summed E-state index contributed by atoms with van der Waals surface area (Å²) in [7, 11) is 0. The number of nitrogens with one attached hydrogen (secondary N) is 1. The van der Waals surface area contributed by atoms with E-state index in [1.54, 1.807) is 12.1 Å². The molecular formula is C27H33F2N. The second kappa shape index (κ2) is 10.6. The number of halogens is 2. The molecule has 160 valence electrons. The molecule has 0 amide bonds. The predicted molar refractivity (Wildman–Crippen MR) is 123 cm³/mol. The Morgan fingerprint density at radius 1 is 1.00 bits per heavy atom. The van der Waals surface area contributed by atoms with Crippen LogP contribution in [0.3, 0.4) is 0 Å². The summed E-state index contributed by atoms with van der Waals surface area (Å²) in [6.07, 6.45) is 6.64. The fourth-order valence-electron chi connectivity index (χ4n) is 4.34. The summed E-state index contributed by atoms with van der Waals surface area (Å²) in [6.45, 7) is 9.59. The Balaban J connectivity index is 2.00. The van der Waals surface area contributed by atoms with Crippen LogP contribution in [0.25, 0.3) is 11.1 Å². The van der Waals surface area contributed by atoms with Gasteiger partial charge in [0.15, 0.2) is 11.6 Å². The van der Waals surface area contributed by atoms with Crippen molar-refractivity contribution in [1.29, 1.82) is 0 Å². The highest BCUT2D eigenvalue weighted by atomic mass is 19.2. The van der Waals surface area contributed by atoms with Crippen LogP contribution in [0.1, 0.15) is 63.5 Å². The van der Waals surface area contributed by atoms with E-state index in [1.165, 1.54) is 25.7 Å². The van der Waals surface area contributed by atoms with Crippen molar-refractivity contribution in [2.24, 2.45) is 11.8 Å². The zero-order valence-corrected chi connectivity index (χ0v) is 18.2. The molecule has 1 N–H and O–H groups in total. The van der Waals surface area contributed by atoms with E-state index >= 15 is 0 Å². The molecule has 0 spiro atoms. The SMILES string of the molecule is C=C(/C(=C(/CCC)NCC1CCC(C)CC1)c1cccc(F)c1F)c1ccccc1. The molecule has 0 aliphatic heterocycles. The predicted octanol–water partition coefficient (Wildman–Crippen LogP) is 7.61. The Kier molecular flexibility index (Phi) is 7.84. The highest BCUT2D eigenvalue weighted by Crippen LogP contribution is 2.36. The van der Waals surface area contributed by atoms with Gasteiger partial charge in [-0.1, -0.05) is 82.2 Å². The Morgan fingerprint density at radius 2 is 1.70 bits per heavy atom. The number of rotatable bonds is 8. The molecule has 1 fully saturated rings. The molecule has 30 heavy (non-hydrogen) atoms. The summed E-state index contributed by atoms with van der Waals surface area (Å²) in [5, 5.41) is 3.63. The number of hydrogen-bond acceptors (Lipinski definition) is 1. The van der Waals surface area contributed by atoms with E-state index in [-0.39, 0.29) is 5.56 Å². The van der Waals surface area contributed by atoms with E-state index in [0.717, 1.165) is 42.6 Å². The number of allylic oxidation sites excluding steroid dienone is 3. The first-order valence-electron chi connectivity index (χ1n) is 11.2. The molecule has 0 heterocycles. The summed E-state index contributed by atoms with van der Waals surface area (Å²) >= 11 is 0. The zero-order valence-electron chi connectivity index (χ0n) is 18.2. The fraction of sp³-hybridized carbons (Fsp3) is 0.407. The van der Waals surface area contributed by atoms with Gasteiger partial charge in [0.25, 0.3) is 0 Å². The molecule has 0 atom stereocenters. The third-order valence-electron chi connectivity index (χ3n) is 6.19. The van der Waals surface area contributed by atoms with Crippen molar-refractivity contribution >= 4 is 11.1 Å². The van der Waals surface area contributed by atoms with Crippen molar-refractivity contribution in [3.8, 4) is 0 Å². The maximum Gasteiger partial charge on any atom is 0.166 e. The lowest BCUT2D eigenvalue weighted by molar-refractivity contribution is 0.286. The fourth-order valence-corrected chi connectivity index (χ4v) is 4.34. The van der Waals surface area contributed by atoms with Crippen LogP contribution in [0.15, 0.2) is 60.8 Å². The van der Waals surface area contributed by atoms with E-state index in [2.05, 4.69) is 25.7 Å². The molecule has 2 aromatic rings. The summed E-state index contributed by atoms with van der Waals surface area (Å²) in [5.74, 6) is -0.215. The van der Waals surface area contributed by atoms with Crippen LogP contribution in [0, 0.1) is 23.5 Å². The maximum absolute atomic E-state index is 14.9. The van der Waals surface area contributed by atoms with Crippen LogP contribution in [0.4, 0.5) is 8.78 Å². The van der Waals surface area contributed by atoms with Crippen molar-refractivity contribution in [3.63, 3.8) is 0 Å². The van der Waals surface area contributed by atoms with Crippen LogP contribution in [-0.4, -0.2) is 6.54 Å². The zero-order chi connectivity index (χ0) is 21.5. The molecule has 0 aromatic heterocycles. The largest absolute Gasteiger partial charge is 0.388 e. The van der Waals surface area contributed by atoms with Gasteiger partial charge in [-0.3, -0.25) is 0 Å². The van der Waals surface area contributed by atoms with Gasteiger partial charge in [-0.25, -0.2) is 8.78 Å². The topological polar surface area (TPSA) is 12.0 Å². The lowest BCUT2D eigenvalue weighted by atomic mass is 9.83. The standard InChI is InChI=1S/C27H33F2N/c1-4-9-25(30-18-21-16-14-19(2)15-17-21)26(20(3)22-10-6-5-7-11-22)23-12-8-13-24(28)27(23)29/h5-8,10-13,19,21,30H,3-4,9,14-18H2,1-2H3/b26-25+. The molecule has 1 saturated carbocycles. The molecule has 0 radical (unpaired) electrons. The van der Waals surface area contributed by atoms with Crippen molar-refractivity contribution in [2.75, 3.05) is 6.54 Å². The van der Waals surface area contributed by atoms with Gasteiger partial charge in [0.05, 0.1) is 0 Å². The van der Waals surface area contributed by atoms with Gasteiger partial charge in [-0.2, -0.15) is 0 Å². The maximum atomic E-state index is 14.9. The van der Waals surface area contributed by atoms with E-state index in [4.69, 9.17) is 0 Å². The van der Waals surface area contributed by atoms with Crippen molar-refractivity contribution < 1.29 is 8.78 Å². The van der Waals surface area contributed by atoms with E-state index in [9.17, 15) is 8.78 Å². The first-order chi connectivity index (χ1) is 14.5. The third-order valence-corrected chi connectivity index (χ3v) is 6.19. The Labute approximate surface area is 179 Å². The average Bonchev–Trinajstić information content (AvgIpc) is 2.76. The lowest BCUT2D eigenvalue weighted by Gasteiger charge is -2.28. The Hall–Kier alpha value is -2.42. The van der Waals surface area contributed by atoms with Gasteiger partial charge in [0.2, 0.25) is 0 Å². The smallest absolute Gasteiger partial charge is 0.166 e. The van der Waals surface area contributed by atoms with Crippen LogP contribution < -0.4 is 5.32 Å². The molecule has 2 aromatic carbocycles. The minimum absolute atomic E-state index is 0.275. The Bertz CT molecular complexity index is 877. The quantitative estimate of drug-likeness (QED) is 0.443. The minimum Gasteiger partial charge on any atom is -0.388 e. The Morgan fingerprint density at radius 3 is 2.37 bits per heavy atom. The normalized spacial score (nSPS) is 19.9. The summed E-state index contributed by atoms with van der Waals surface area (Å²) in [6, 6.07) is 14.1. The summed E-state index contributed by atoms with van der Waals surface area (Å²) in [5.41, 5.74) is 3.54. The van der Waals surface area contributed by atoms with Gasteiger partial charge in [0, 0.05) is 23.4 Å². The highest BCUT2D eigenvalue weighted by Gasteiger charge is 2.22. The van der Waals surface area contributed by atoms with Gasteiger partial charge in [-0.15, -0.1) is 0 Å².